The van der Waals surface area contributed by atoms with Crippen molar-refractivity contribution >= 4 is 17.6 Å². The predicted molar refractivity (Wildman–Crippen MR) is 80.3 cm³/mol. The molecule has 0 bridgehead atoms. The number of carbonyl (C=O) groups is 2. The molecule has 1 heterocycles. The topological polar surface area (TPSA) is 86.1 Å². The predicted octanol–water partition coefficient (Wildman–Crippen LogP) is 1.87. The lowest BCUT2D eigenvalue weighted by molar-refractivity contribution is -0.116. The Labute approximate surface area is 128 Å². The summed E-state index contributed by atoms with van der Waals surface area (Å²) in [6.45, 7) is 2.54. The van der Waals surface area contributed by atoms with Gasteiger partial charge in [-0.15, -0.1) is 0 Å². The summed E-state index contributed by atoms with van der Waals surface area (Å²) in [5.41, 5.74) is 1.07. The minimum Gasteiger partial charge on any atom is -0.462 e. The van der Waals surface area contributed by atoms with E-state index in [1.165, 1.54) is 17.3 Å². The highest BCUT2D eigenvalue weighted by molar-refractivity contribution is 5.92. The first-order chi connectivity index (χ1) is 10.7. The summed E-state index contributed by atoms with van der Waals surface area (Å²) in [7, 11) is 0. The number of nitrogens with one attached hydrogen (secondary N) is 1. The largest absolute Gasteiger partial charge is 0.462 e. The van der Waals surface area contributed by atoms with Gasteiger partial charge in [-0.05, 0) is 30.7 Å². The fourth-order valence-corrected chi connectivity index (χ4v) is 1.74. The summed E-state index contributed by atoms with van der Waals surface area (Å²) in [5.74, 6) is -0.572. The van der Waals surface area contributed by atoms with Crippen molar-refractivity contribution in [2.75, 3.05) is 11.9 Å². The maximum Gasteiger partial charge on any atom is 0.338 e. The molecule has 0 spiro atoms. The highest BCUT2D eigenvalue weighted by atomic mass is 16.5. The third kappa shape index (κ3) is 4.69. The first-order valence-corrected chi connectivity index (χ1v) is 7.08. The van der Waals surface area contributed by atoms with Crippen LogP contribution in [0.25, 0.3) is 0 Å². The highest BCUT2D eigenvalue weighted by Gasteiger charge is 2.08. The SMILES string of the molecule is CCCCOC(=O)c1ccc(NC(=O)Cn2cncn2)cc1. The summed E-state index contributed by atoms with van der Waals surface area (Å²) >= 11 is 0. The number of unbranched alkanes of at least 4 members (excludes halogenated alkanes) is 1. The van der Waals surface area contributed by atoms with Crippen LogP contribution in [0.2, 0.25) is 0 Å². The Hall–Kier alpha value is -2.70. The van der Waals surface area contributed by atoms with Gasteiger partial charge in [0, 0.05) is 5.69 Å². The van der Waals surface area contributed by atoms with Crippen molar-refractivity contribution in [3.63, 3.8) is 0 Å². The molecule has 0 aliphatic carbocycles. The first-order valence-electron chi connectivity index (χ1n) is 7.08. The standard InChI is InChI=1S/C15H18N4O3/c1-2-3-8-22-15(21)12-4-6-13(7-5-12)18-14(20)9-19-11-16-10-17-19/h4-7,10-11H,2-3,8-9H2,1H3,(H,18,20). The number of hydrogen-bond donors (Lipinski definition) is 1. The average Bonchev–Trinajstić information content (AvgIpc) is 3.01. The fraction of sp³-hybridized carbons (Fsp3) is 0.333. The highest BCUT2D eigenvalue weighted by Crippen LogP contribution is 2.11. The molecule has 0 fully saturated rings. The molecule has 0 unspecified atom stereocenters. The smallest absolute Gasteiger partial charge is 0.338 e. The summed E-state index contributed by atoms with van der Waals surface area (Å²) in [6, 6.07) is 6.57. The second kappa shape index (κ2) is 7.92. The number of anilines is 1. The molecular weight excluding hydrogens is 284 g/mol. The van der Waals surface area contributed by atoms with E-state index in [4.69, 9.17) is 4.74 Å². The van der Waals surface area contributed by atoms with Gasteiger partial charge in [0.2, 0.25) is 5.91 Å². The molecule has 7 nitrogen and oxygen atoms in total. The van der Waals surface area contributed by atoms with E-state index in [2.05, 4.69) is 15.4 Å². The summed E-state index contributed by atoms with van der Waals surface area (Å²) < 4.78 is 6.54. The Morgan fingerprint density at radius 2 is 2.05 bits per heavy atom. The van der Waals surface area contributed by atoms with Crippen molar-refractivity contribution in [3.05, 3.63) is 42.5 Å². The summed E-state index contributed by atoms with van der Waals surface area (Å²) in [6.07, 6.45) is 4.66. The first kappa shape index (κ1) is 15.7. The van der Waals surface area contributed by atoms with Gasteiger partial charge in [-0.3, -0.25) is 4.79 Å². The van der Waals surface area contributed by atoms with Crippen LogP contribution in [0.15, 0.2) is 36.9 Å². The van der Waals surface area contributed by atoms with E-state index in [0.29, 0.717) is 17.9 Å². The van der Waals surface area contributed by atoms with Gasteiger partial charge in [-0.1, -0.05) is 13.3 Å². The van der Waals surface area contributed by atoms with Crippen LogP contribution in [-0.2, 0) is 16.1 Å². The Balaban J connectivity index is 1.86. The Bertz CT molecular complexity index is 608. The molecule has 0 saturated carbocycles. The number of rotatable bonds is 7. The molecule has 22 heavy (non-hydrogen) atoms. The monoisotopic (exact) mass is 302 g/mol. The minimum atomic E-state index is -0.353. The maximum atomic E-state index is 11.8. The zero-order valence-corrected chi connectivity index (χ0v) is 12.4. The van der Waals surface area contributed by atoms with Gasteiger partial charge >= 0.3 is 5.97 Å². The molecule has 1 aromatic carbocycles. The second-order valence-corrected chi connectivity index (χ2v) is 4.71. The number of nitrogens with zero attached hydrogens (tertiary/aromatic N) is 3. The van der Waals surface area contributed by atoms with Gasteiger partial charge in [0.1, 0.15) is 19.2 Å². The zero-order chi connectivity index (χ0) is 15.8. The molecule has 0 saturated heterocycles. The number of esters is 1. The molecule has 2 rings (SSSR count). The van der Waals surface area contributed by atoms with E-state index in [9.17, 15) is 9.59 Å². The number of aromatic nitrogens is 3. The molecule has 0 radical (unpaired) electrons. The van der Waals surface area contributed by atoms with Crippen molar-refractivity contribution in [1.82, 2.24) is 14.8 Å². The Kier molecular flexibility index (Phi) is 5.65. The Morgan fingerprint density at radius 3 is 2.68 bits per heavy atom. The van der Waals surface area contributed by atoms with E-state index in [1.54, 1.807) is 24.3 Å². The molecule has 7 heteroatoms. The van der Waals surface area contributed by atoms with E-state index in [0.717, 1.165) is 12.8 Å². The third-order valence-corrected chi connectivity index (χ3v) is 2.91. The normalized spacial score (nSPS) is 10.2. The van der Waals surface area contributed by atoms with Crippen LogP contribution in [-0.4, -0.2) is 33.2 Å². The zero-order valence-electron chi connectivity index (χ0n) is 12.4. The Morgan fingerprint density at radius 1 is 1.27 bits per heavy atom. The van der Waals surface area contributed by atoms with Gasteiger partial charge in [-0.25, -0.2) is 14.5 Å². The van der Waals surface area contributed by atoms with Crippen LogP contribution >= 0.6 is 0 Å². The number of ether oxygens (including phenoxy) is 1. The van der Waals surface area contributed by atoms with Crippen LogP contribution in [0.4, 0.5) is 5.69 Å². The lowest BCUT2D eigenvalue weighted by Gasteiger charge is -2.07. The summed E-state index contributed by atoms with van der Waals surface area (Å²) in [5, 5.41) is 6.57. The quantitative estimate of drug-likeness (QED) is 0.623. The molecule has 1 aromatic heterocycles. The van der Waals surface area contributed by atoms with Gasteiger partial charge in [0.05, 0.1) is 12.2 Å². The van der Waals surface area contributed by atoms with Crippen LogP contribution < -0.4 is 5.32 Å². The van der Waals surface area contributed by atoms with Crippen LogP contribution in [0, 0.1) is 0 Å². The van der Waals surface area contributed by atoms with Crippen LogP contribution in [0.5, 0.6) is 0 Å². The molecule has 116 valence electrons. The van der Waals surface area contributed by atoms with E-state index >= 15 is 0 Å². The van der Waals surface area contributed by atoms with Crippen molar-refractivity contribution < 1.29 is 14.3 Å². The molecule has 0 aliphatic heterocycles. The molecule has 2 aromatic rings. The molecule has 1 N–H and O–H groups in total. The number of benzene rings is 1. The number of hydrogen-bond acceptors (Lipinski definition) is 5. The minimum absolute atomic E-state index is 0.0841. The average molecular weight is 302 g/mol. The lowest BCUT2D eigenvalue weighted by Crippen LogP contribution is -2.19. The van der Waals surface area contributed by atoms with Gasteiger partial charge in [0.15, 0.2) is 0 Å². The van der Waals surface area contributed by atoms with Crippen molar-refractivity contribution in [2.24, 2.45) is 0 Å². The molecular formula is C15H18N4O3. The van der Waals surface area contributed by atoms with Crippen LogP contribution in [0.3, 0.4) is 0 Å². The van der Waals surface area contributed by atoms with Gasteiger partial charge < -0.3 is 10.1 Å². The van der Waals surface area contributed by atoms with Gasteiger partial charge in [-0.2, -0.15) is 5.10 Å². The van der Waals surface area contributed by atoms with Gasteiger partial charge in [0.25, 0.3) is 0 Å². The van der Waals surface area contributed by atoms with Crippen molar-refractivity contribution in [2.45, 2.75) is 26.3 Å². The lowest BCUT2D eigenvalue weighted by atomic mass is 10.2. The maximum absolute atomic E-state index is 11.8. The number of carbonyl (C=O) groups excluding carboxylic acids is 2. The molecule has 1 amide bonds. The van der Waals surface area contributed by atoms with Crippen molar-refractivity contribution in [1.29, 1.82) is 0 Å². The van der Waals surface area contributed by atoms with Crippen molar-refractivity contribution in [3.8, 4) is 0 Å². The van der Waals surface area contributed by atoms with E-state index < -0.39 is 0 Å². The second-order valence-electron chi connectivity index (χ2n) is 4.71. The molecule has 0 atom stereocenters. The molecule has 0 aliphatic rings. The number of amides is 1. The van der Waals surface area contributed by atoms with E-state index in [-0.39, 0.29) is 18.4 Å². The van der Waals surface area contributed by atoms with Crippen LogP contribution in [0.1, 0.15) is 30.1 Å². The third-order valence-electron chi connectivity index (χ3n) is 2.91. The summed E-state index contributed by atoms with van der Waals surface area (Å²) in [4.78, 5) is 27.3. The van der Waals surface area contributed by atoms with E-state index in [1.807, 2.05) is 6.92 Å². The fourth-order valence-electron chi connectivity index (χ4n) is 1.74.